The lowest BCUT2D eigenvalue weighted by Gasteiger charge is -2.14. The Morgan fingerprint density at radius 1 is 1.07 bits per heavy atom. The van der Waals surface area contributed by atoms with E-state index in [1.54, 1.807) is 37.4 Å². The molecule has 0 aliphatic rings. The molecule has 0 atom stereocenters. The van der Waals surface area contributed by atoms with Crippen LogP contribution in [0.5, 0.6) is 11.5 Å². The highest BCUT2D eigenvalue weighted by atomic mass is 79.9. The van der Waals surface area contributed by atoms with Crippen molar-refractivity contribution in [3.05, 3.63) is 76.0 Å². The van der Waals surface area contributed by atoms with E-state index in [-0.39, 0.29) is 22.3 Å². The van der Waals surface area contributed by atoms with Gasteiger partial charge in [0.2, 0.25) is 0 Å². The van der Waals surface area contributed by atoms with E-state index < -0.39 is 10.0 Å². The van der Waals surface area contributed by atoms with Crippen LogP contribution in [0.25, 0.3) is 0 Å². The van der Waals surface area contributed by atoms with Crippen molar-refractivity contribution in [3.8, 4) is 11.5 Å². The Morgan fingerprint density at radius 2 is 1.86 bits per heavy atom. The molecule has 6 nitrogen and oxygen atoms in total. The van der Waals surface area contributed by atoms with Crippen molar-refractivity contribution in [1.82, 2.24) is 4.98 Å². The maximum atomic E-state index is 12.9. The first-order chi connectivity index (χ1) is 13.9. The van der Waals surface area contributed by atoms with Gasteiger partial charge in [0, 0.05) is 10.7 Å². The molecule has 0 bridgehead atoms. The molecule has 0 spiro atoms. The predicted octanol–water partition coefficient (Wildman–Crippen LogP) is 5.28. The van der Waals surface area contributed by atoms with Gasteiger partial charge in [-0.05, 0) is 55.5 Å². The number of aromatic nitrogens is 1. The van der Waals surface area contributed by atoms with Crippen LogP contribution in [0.15, 0.2) is 70.2 Å². The summed E-state index contributed by atoms with van der Waals surface area (Å²) in [4.78, 5) is 4.21. The van der Waals surface area contributed by atoms with E-state index in [4.69, 9.17) is 21.1 Å². The van der Waals surface area contributed by atoms with Crippen molar-refractivity contribution in [2.75, 3.05) is 11.3 Å². The molecule has 0 radical (unpaired) electrons. The van der Waals surface area contributed by atoms with E-state index in [0.717, 1.165) is 5.69 Å². The second kappa shape index (κ2) is 9.47. The smallest absolute Gasteiger partial charge is 0.265 e. The average molecular weight is 498 g/mol. The summed E-state index contributed by atoms with van der Waals surface area (Å²) in [6.45, 7) is 2.38. The van der Waals surface area contributed by atoms with Crippen molar-refractivity contribution >= 4 is 43.2 Å². The number of hydrogen-bond donors (Lipinski definition) is 1. The van der Waals surface area contributed by atoms with E-state index >= 15 is 0 Å². The number of rotatable bonds is 8. The molecule has 0 aliphatic heterocycles. The molecule has 0 fully saturated rings. The maximum Gasteiger partial charge on any atom is 0.265 e. The molecule has 152 valence electrons. The molecule has 3 aromatic rings. The summed E-state index contributed by atoms with van der Waals surface area (Å²) >= 11 is 9.56. The highest BCUT2D eigenvalue weighted by molar-refractivity contribution is 9.10. The van der Waals surface area contributed by atoms with Crippen LogP contribution in [-0.2, 0) is 16.6 Å². The fraction of sp³-hybridized carbons (Fsp3) is 0.150. The van der Waals surface area contributed by atoms with E-state index in [0.29, 0.717) is 22.5 Å². The molecule has 29 heavy (non-hydrogen) atoms. The van der Waals surface area contributed by atoms with Crippen LogP contribution >= 0.6 is 27.5 Å². The average Bonchev–Trinajstić information content (AvgIpc) is 2.69. The van der Waals surface area contributed by atoms with Crippen LogP contribution in [0.3, 0.4) is 0 Å². The van der Waals surface area contributed by atoms with Crippen LogP contribution in [0, 0.1) is 0 Å². The zero-order chi connectivity index (χ0) is 20.9. The molecule has 0 amide bonds. The molecule has 1 aromatic heterocycles. The van der Waals surface area contributed by atoms with E-state index in [1.807, 2.05) is 18.2 Å². The quantitative estimate of drug-likeness (QED) is 0.458. The molecule has 9 heteroatoms. The zero-order valence-electron chi connectivity index (χ0n) is 15.4. The van der Waals surface area contributed by atoms with Gasteiger partial charge in [0.05, 0.1) is 23.0 Å². The Bertz CT molecular complexity index is 1090. The largest absolute Gasteiger partial charge is 0.492 e. The molecule has 0 saturated carbocycles. The predicted molar refractivity (Wildman–Crippen MR) is 116 cm³/mol. The van der Waals surface area contributed by atoms with E-state index in [2.05, 4.69) is 25.6 Å². The van der Waals surface area contributed by atoms with Gasteiger partial charge in [-0.25, -0.2) is 8.42 Å². The molecule has 2 aromatic carbocycles. The van der Waals surface area contributed by atoms with Gasteiger partial charge >= 0.3 is 0 Å². The first-order valence-corrected chi connectivity index (χ1v) is 11.3. The van der Waals surface area contributed by atoms with Crippen LogP contribution < -0.4 is 14.2 Å². The van der Waals surface area contributed by atoms with Crippen LogP contribution in [0.2, 0.25) is 5.02 Å². The lowest BCUT2D eigenvalue weighted by Crippen LogP contribution is -2.14. The summed E-state index contributed by atoms with van der Waals surface area (Å²) in [6.07, 6.45) is 1.68. The normalized spacial score (nSPS) is 11.1. The minimum atomic E-state index is -3.89. The second-order valence-corrected chi connectivity index (χ2v) is 8.86. The van der Waals surface area contributed by atoms with E-state index in [1.165, 1.54) is 12.1 Å². The lowest BCUT2D eigenvalue weighted by molar-refractivity contribution is 0.301. The summed E-state index contributed by atoms with van der Waals surface area (Å²) in [5.74, 6) is 0.697. The Balaban J connectivity index is 1.78. The highest BCUT2D eigenvalue weighted by Gasteiger charge is 2.21. The molecular formula is C20H18BrClN2O4S. The molecule has 1 heterocycles. The first-order valence-electron chi connectivity index (χ1n) is 8.66. The highest BCUT2D eigenvalue weighted by Crippen LogP contribution is 2.32. The van der Waals surface area contributed by atoms with Crippen LogP contribution in [0.1, 0.15) is 12.6 Å². The zero-order valence-corrected chi connectivity index (χ0v) is 18.6. The summed E-state index contributed by atoms with van der Waals surface area (Å²) in [5, 5.41) is 0.278. The number of nitrogens with one attached hydrogen (secondary N) is 1. The van der Waals surface area contributed by atoms with Crippen molar-refractivity contribution in [2.45, 2.75) is 18.4 Å². The number of hydrogen-bond acceptors (Lipinski definition) is 5. The van der Waals surface area contributed by atoms with Gasteiger partial charge < -0.3 is 9.47 Å². The Kier molecular flexibility index (Phi) is 7.00. The summed E-state index contributed by atoms with van der Waals surface area (Å²) in [6, 6.07) is 15.0. The number of pyridine rings is 1. The number of halogens is 2. The molecule has 0 saturated heterocycles. The van der Waals surface area contributed by atoms with Crippen LogP contribution in [0.4, 0.5) is 5.69 Å². The molecular weight excluding hydrogens is 480 g/mol. The second-order valence-electron chi connectivity index (χ2n) is 5.88. The van der Waals surface area contributed by atoms with Crippen molar-refractivity contribution in [3.63, 3.8) is 0 Å². The first kappa shape index (κ1) is 21.4. The van der Waals surface area contributed by atoms with Crippen LogP contribution in [-0.4, -0.2) is 20.0 Å². The monoisotopic (exact) mass is 496 g/mol. The fourth-order valence-electron chi connectivity index (χ4n) is 2.49. The number of anilines is 1. The minimum absolute atomic E-state index is 0.0281. The third-order valence-corrected chi connectivity index (χ3v) is 5.97. The van der Waals surface area contributed by atoms with Crippen molar-refractivity contribution < 1.29 is 17.9 Å². The third-order valence-electron chi connectivity index (χ3n) is 3.78. The van der Waals surface area contributed by atoms with Crippen molar-refractivity contribution in [1.29, 1.82) is 0 Å². The number of benzene rings is 2. The van der Waals surface area contributed by atoms with Gasteiger partial charge in [-0.15, -0.1) is 0 Å². The standard InChI is InChI=1S/C20H18BrClN2O4S/c1-2-27-19-8-6-14(21)11-20(19)29(25,26)24-15-7-9-18(17(22)12-15)28-13-16-5-3-4-10-23-16/h3-12,24H,2,13H2,1H3. The Morgan fingerprint density at radius 3 is 2.55 bits per heavy atom. The molecule has 0 unspecified atom stereocenters. The maximum absolute atomic E-state index is 12.9. The SMILES string of the molecule is CCOc1ccc(Br)cc1S(=O)(=O)Nc1ccc(OCc2ccccn2)c(Cl)c1. The van der Waals surface area contributed by atoms with Gasteiger partial charge in [-0.2, -0.15) is 0 Å². The summed E-state index contributed by atoms with van der Waals surface area (Å²) in [7, 11) is -3.89. The van der Waals surface area contributed by atoms with Crippen molar-refractivity contribution in [2.24, 2.45) is 0 Å². The summed E-state index contributed by atoms with van der Waals surface area (Å²) < 4.78 is 40.0. The summed E-state index contributed by atoms with van der Waals surface area (Å²) in [5.41, 5.74) is 1.06. The van der Waals surface area contributed by atoms with Gasteiger partial charge in [0.1, 0.15) is 23.0 Å². The Labute approximate surface area is 183 Å². The number of sulfonamides is 1. The van der Waals surface area contributed by atoms with E-state index in [9.17, 15) is 8.42 Å². The lowest BCUT2D eigenvalue weighted by atomic mass is 10.3. The molecule has 1 N–H and O–H groups in total. The minimum Gasteiger partial charge on any atom is -0.492 e. The molecule has 0 aliphatic carbocycles. The third kappa shape index (κ3) is 5.62. The van der Waals surface area contributed by atoms with Gasteiger partial charge in [0.15, 0.2) is 0 Å². The molecule has 3 rings (SSSR count). The van der Waals surface area contributed by atoms with Gasteiger partial charge in [0.25, 0.3) is 10.0 Å². The number of nitrogens with zero attached hydrogens (tertiary/aromatic N) is 1. The fourth-order valence-corrected chi connectivity index (χ4v) is 4.46. The topological polar surface area (TPSA) is 77.5 Å². The van der Waals surface area contributed by atoms with Gasteiger partial charge in [-0.1, -0.05) is 33.6 Å². The Hall–Kier alpha value is -2.29. The number of ether oxygens (including phenoxy) is 2. The van der Waals surface area contributed by atoms with Gasteiger partial charge in [-0.3, -0.25) is 9.71 Å².